The number of methoxy groups -OCH3 is 1. The van der Waals surface area contributed by atoms with E-state index >= 15 is 0 Å². The average molecular weight is 416 g/mol. The van der Waals surface area contributed by atoms with Gasteiger partial charge >= 0.3 is 0 Å². The standard InChI is InChI=1S/C17H21FN2O5S2/c1-12(2)19-27(23,24)14-8-9-17(25-3)16(10-14)20-26(21,22)11-13-6-4-5-7-15(13)18/h4-10,12,19-20H,11H2,1-3H3. The summed E-state index contributed by atoms with van der Waals surface area (Å²) in [7, 11) is -6.52. The third-order valence-corrected chi connectivity index (χ3v) is 6.32. The molecule has 0 aliphatic carbocycles. The molecule has 0 aliphatic heterocycles. The molecule has 2 aromatic rings. The largest absolute Gasteiger partial charge is 0.495 e. The van der Waals surface area contributed by atoms with Gasteiger partial charge in [0.1, 0.15) is 11.6 Å². The van der Waals surface area contributed by atoms with Crippen molar-refractivity contribution in [3.8, 4) is 5.75 Å². The highest BCUT2D eigenvalue weighted by Gasteiger charge is 2.21. The lowest BCUT2D eigenvalue weighted by Crippen LogP contribution is -2.30. The fraction of sp³-hybridized carbons (Fsp3) is 0.294. The fourth-order valence-electron chi connectivity index (χ4n) is 2.34. The topological polar surface area (TPSA) is 102 Å². The van der Waals surface area contributed by atoms with Crippen molar-refractivity contribution >= 4 is 25.7 Å². The molecule has 148 valence electrons. The van der Waals surface area contributed by atoms with Crippen LogP contribution in [0.15, 0.2) is 47.4 Å². The maximum absolute atomic E-state index is 13.7. The van der Waals surface area contributed by atoms with Crippen molar-refractivity contribution in [3.63, 3.8) is 0 Å². The number of halogens is 1. The van der Waals surface area contributed by atoms with Crippen molar-refractivity contribution in [3.05, 3.63) is 53.8 Å². The van der Waals surface area contributed by atoms with E-state index in [2.05, 4.69) is 9.44 Å². The number of anilines is 1. The van der Waals surface area contributed by atoms with E-state index < -0.39 is 31.6 Å². The number of hydrogen-bond acceptors (Lipinski definition) is 5. The van der Waals surface area contributed by atoms with Gasteiger partial charge in [-0.15, -0.1) is 0 Å². The Balaban J connectivity index is 2.36. The SMILES string of the molecule is COc1ccc(S(=O)(=O)NC(C)C)cc1NS(=O)(=O)Cc1ccccc1F. The first kappa shape index (κ1) is 21.1. The minimum Gasteiger partial charge on any atom is -0.495 e. The Morgan fingerprint density at radius 2 is 1.74 bits per heavy atom. The van der Waals surface area contributed by atoms with E-state index in [1.54, 1.807) is 13.8 Å². The molecule has 0 atom stereocenters. The van der Waals surface area contributed by atoms with E-state index in [1.165, 1.54) is 37.4 Å². The zero-order valence-electron chi connectivity index (χ0n) is 15.1. The lowest BCUT2D eigenvalue weighted by atomic mass is 10.2. The predicted molar refractivity (Wildman–Crippen MR) is 101 cm³/mol. The highest BCUT2D eigenvalue weighted by atomic mass is 32.2. The van der Waals surface area contributed by atoms with Gasteiger partial charge in [-0.2, -0.15) is 0 Å². The Bertz CT molecular complexity index is 1020. The molecule has 10 heteroatoms. The number of sulfonamides is 2. The Kier molecular flexibility index (Phi) is 6.45. The van der Waals surface area contributed by atoms with Crippen LogP contribution in [-0.4, -0.2) is 30.0 Å². The summed E-state index contributed by atoms with van der Waals surface area (Å²) in [4.78, 5) is -0.124. The van der Waals surface area contributed by atoms with Gasteiger partial charge in [0.2, 0.25) is 20.0 Å². The molecule has 0 radical (unpaired) electrons. The third-order valence-electron chi connectivity index (χ3n) is 3.44. The normalized spacial score (nSPS) is 12.2. The van der Waals surface area contributed by atoms with Gasteiger partial charge < -0.3 is 4.74 Å². The zero-order chi connectivity index (χ0) is 20.2. The maximum atomic E-state index is 13.7. The first-order valence-electron chi connectivity index (χ1n) is 7.98. The van der Waals surface area contributed by atoms with E-state index in [0.717, 1.165) is 12.1 Å². The van der Waals surface area contributed by atoms with Crippen LogP contribution in [0.1, 0.15) is 19.4 Å². The van der Waals surface area contributed by atoms with Crippen LogP contribution in [0, 0.1) is 5.82 Å². The summed E-state index contributed by atoms with van der Waals surface area (Å²) in [6.07, 6.45) is 0. The van der Waals surface area contributed by atoms with Crippen molar-refractivity contribution < 1.29 is 26.0 Å². The molecule has 0 saturated carbocycles. The smallest absolute Gasteiger partial charge is 0.240 e. The van der Waals surface area contributed by atoms with Crippen molar-refractivity contribution in [2.45, 2.75) is 30.5 Å². The quantitative estimate of drug-likeness (QED) is 0.688. The van der Waals surface area contributed by atoms with Gasteiger partial charge in [0.25, 0.3) is 0 Å². The van der Waals surface area contributed by atoms with Gasteiger partial charge in [0, 0.05) is 11.6 Å². The minimum absolute atomic E-state index is 0.00535. The van der Waals surface area contributed by atoms with Crippen molar-refractivity contribution in [2.24, 2.45) is 0 Å². The molecule has 0 aliphatic rings. The summed E-state index contributed by atoms with van der Waals surface area (Å²) in [5, 5.41) is 0. The van der Waals surface area contributed by atoms with Crippen LogP contribution in [0.5, 0.6) is 5.75 Å². The first-order chi connectivity index (χ1) is 12.5. The molecule has 0 spiro atoms. The zero-order valence-corrected chi connectivity index (χ0v) is 16.7. The van der Waals surface area contributed by atoms with Crippen LogP contribution in [0.2, 0.25) is 0 Å². The van der Waals surface area contributed by atoms with E-state index in [0.29, 0.717) is 0 Å². The van der Waals surface area contributed by atoms with E-state index in [1.807, 2.05) is 0 Å². The molecule has 27 heavy (non-hydrogen) atoms. The Morgan fingerprint density at radius 1 is 1.07 bits per heavy atom. The Labute approximate surface area is 158 Å². The maximum Gasteiger partial charge on any atom is 0.240 e. The Hall–Kier alpha value is -2.17. The Morgan fingerprint density at radius 3 is 2.33 bits per heavy atom. The van der Waals surface area contributed by atoms with Gasteiger partial charge in [-0.3, -0.25) is 4.72 Å². The van der Waals surface area contributed by atoms with E-state index in [-0.39, 0.29) is 27.9 Å². The van der Waals surface area contributed by atoms with E-state index in [9.17, 15) is 21.2 Å². The predicted octanol–water partition coefficient (Wildman–Crippen LogP) is 2.46. The highest BCUT2D eigenvalue weighted by molar-refractivity contribution is 7.92. The van der Waals surface area contributed by atoms with E-state index in [4.69, 9.17) is 4.74 Å². The second-order valence-electron chi connectivity index (χ2n) is 6.09. The van der Waals surface area contributed by atoms with Crippen LogP contribution in [0.4, 0.5) is 10.1 Å². The second kappa shape index (κ2) is 8.24. The number of hydrogen-bond donors (Lipinski definition) is 2. The molecule has 0 heterocycles. The third kappa shape index (κ3) is 5.65. The molecule has 0 unspecified atom stereocenters. The molecular formula is C17H21FN2O5S2. The number of benzene rings is 2. The number of nitrogens with one attached hydrogen (secondary N) is 2. The molecule has 2 rings (SSSR count). The fourth-order valence-corrected chi connectivity index (χ4v) is 4.82. The first-order valence-corrected chi connectivity index (χ1v) is 11.1. The van der Waals surface area contributed by atoms with Crippen LogP contribution < -0.4 is 14.2 Å². The molecule has 0 fully saturated rings. The molecule has 2 aromatic carbocycles. The molecule has 0 saturated heterocycles. The van der Waals surface area contributed by atoms with Gasteiger partial charge in [-0.25, -0.2) is 25.9 Å². The molecular weight excluding hydrogens is 395 g/mol. The molecule has 0 amide bonds. The van der Waals surface area contributed by atoms with Crippen LogP contribution in [0.25, 0.3) is 0 Å². The van der Waals surface area contributed by atoms with Gasteiger partial charge in [0.15, 0.2) is 0 Å². The van der Waals surface area contributed by atoms with Gasteiger partial charge in [-0.1, -0.05) is 18.2 Å². The molecule has 7 nitrogen and oxygen atoms in total. The van der Waals surface area contributed by atoms with Crippen molar-refractivity contribution in [2.75, 3.05) is 11.8 Å². The number of ether oxygens (including phenoxy) is 1. The van der Waals surface area contributed by atoms with Crippen LogP contribution in [0.3, 0.4) is 0 Å². The lowest BCUT2D eigenvalue weighted by molar-refractivity contribution is 0.416. The molecule has 0 bridgehead atoms. The summed E-state index contributed by atoms with van der Waals surface area (Å²) in [6, 6.07) is 8.97. The summed E-state index contributed by atoms with van der Waals surface area (Å²) in [5.74, 6) is -1.12. The van der Waals surface area contributed by atoms with Crippen LogP contribution >= 0.6 is 0 Å². The monoisotopic (exact) mass is 416 g/mol. The van der Waals surface area contributed by atoms with Crippen molar-refractivity contribution in [1.82, 2.24) is 4.72 Å². The summed E-state index contributed by atoms with van der Waals surface area (Å²) >= 11 is 0. The summed E-state index contributed by atoms with van der Waals surface area (Å²) in [5.41, 5.74) is -0.0605. The van der Waals surface area contributed by atoms with Gasteiger partial charge in [-0.05, 0) is 38.1 Å². The number of rotatable bonds is 8. The van der Waals surface area contributed by atoms with Gasteiger partial charge in [0.05, 0.1) is 23.4 Å². The minimum atomic E-state index is -4.01. The molecule has 2 N–H and O–H groups in total. The molecule has 0 aromatic heterocycles. The van der Waals surface area contributed by atoms with Crippen LogP contribution in [-0.2, 0) is 25.8 Å². The summed E-state index contributed by atoms with van der Waals surface area (Å²) in [6.45, 7) is 3.33. The highest BCUT2D eigenvalue weighted by Crippen LogP contribution is 2.29. The average Bonchev–Trinajstić information content (AvgIpc) is 2.55. The lowest BCUT2D eigenvalue weighted by Gasteiger charge is -2.15. The second-order valence-corrected chi connectivity index (χ2v) is 9.53. The van der Waals surface area contributed by atoms with Crippen molar-refractivity contribution in [1.29, 1.82) is 0 Å². The summed E-state index contributed by atoms with van der Waals surface area (Å²) < 4.78 is 73.0.